The molecule has 5 heteroatoms. The Kier molecular flexibility index (Phi) is 3.67. The van der Waals surface area contributed by atoms with Gasteiger partial charge in [-0.2, -0.15) is 5.26 Å². The maximum atomic E-state index is 10.4. The molecule has 0 aromatic heterocycles. The second-order valence-corrected chi connectivity index (χ2v) is 1.98. The lowest BCUT2D eigenvalue weighted by Crippen LogP contribution is -2.25. The zero-order valence-electron chi connectivity index (χ0n) is 6.51. The molecule has 1 aliphatic rings. The Balaban J connectivity index is 0.000000292. The average Bonchev–Trinajstić information content (AvgIpc) is 2.12. The van der Waals surface area contributed by atoms with Gasteiger partial charge in [-0.05, 0) is 0 Å². The summed E-state index contributed by atoms with van der Waals surface area (Å²) in [5.41, 5.74) is 0. The van der Waals surface area contributed by atoms with E-state index in [0.29, 0.717) is 6.54 Å². The number of hydrogen-bond donors (Lipinski definition) is 2. The molecule has 1 aliphatic heterocycles. The smallest absolute Gasteiger partial charge is 0.246 e. The summed E-state index contributed by atoms with van der Waals surface area (Å²) in [6, 6.07) is 1.75. The van der Waals surface area contributed by atoms with Gasteiger partial charge in [0, 0.05) is 14.0 Å². The Morgan fingerprint density at radius 2 is 2.27 bits per heavy atom. The van der Waals surface area contributed by atoms with E-state index in [0.717, 1.165) is 0 Å². The summed E-state index contributed by atoms with van der Waals surface area (Å²) in [5, 5.41) is 16.6. The van der Waals surface area contributed by atoms with Gasteiger partial charge >= 0.3 is 0 Å². The van der Waals surface area contributed by atoms with Crippen molar-refractivity contribution < 1.29 is 4.79 Å². The summed E-state index contributed by atoms with van der Waals surface area (Å²) >= 11 is 0. The van der Waals surface area contributed by atoms with Crippen molar-refractivity contribution >= 4 is 11.9 Å². The number of carbonyl (C=O) groups is 1. The van der Waals surface area contributed by atoms with Gasteiger partial charge in [-0.25, -0.2) is 0 Å². The highest BCUT2D eigenvalue weighted by molar-refractivity contribution is 6.02. The van der Waals surface area contributed by atoms with Crippen LogP contribution in [0, 0.1) is 16.7 Å². The van der Waals surface area contributed by atoms with Crippen LogP contribution in [0.25, 0.3) is 0 Å². The number of carbonyl (C=O) groups excluding carboxylic acids is 1. The van der Waals surface area contributed by atoms with Gasteiger partial charge in [0.1, 0.15) is 0 Å². The molecule has 60 valence electrons. The monoisotopic (exact) mass is 154 g/mol. The van der Waals surface area contributed by atoms with Crippen molar-refractivity contribution in [3.05, 3.63) is 0 Å². The predicted molar refractivity (Wildman–Crippen MR) is 39.8 cm³/mol. The van der Waals surface area contributed by atoms with Gasteiger partial charge < -0.3 is 4.90 Å². The molecule has 0 unspecified atom stereocenters. The quantitative estimate of drug-likeness (QED) is 0.494. The van der Waals surface area contributed by atoms with Crippen LogP contribution in [0.2, 0.25) is 0 Å². The fraction of sp³-hybridized carbons (Fsp3) is 0.500. The van der Waals surface area contributed by atoms with Crippen molar-refractivity contribution in [2.24, 2.45) is 0 Å². The van der Waals surface area contributed by atoms with Crippen molar-refractivity contribution in [1.82, 2.24) is 10.2 Å². The highest BCUT2D eigenvalue weighted by Crippen LogP contribution is 1.89. The molecule has 11 heavy (non-hydrogen) atoms. The summed E-state index contributed by atoms with van der Waals surface area (Å²) in [7, 11) is 1.69. The molecule has 1 heterocycles. The van der Waals surface area contributed by atoms with Gasteiger partial charge in [-0.15, -0.1) is 0 Å². The maximum absolute atomic E-state index is 10.4. The van der Waals surface area contributed by atoms with E-state index >= 15 is 0 Å². The Hall–Kier alpha value is -1.57. The van der Waals surface area contributed by atoms with Gasteiger partial charge in [0.25, 0.3) is 0 Å². The van der Waals surface area contributed by atoms with E-state index in [9.17, 15) is 4.79 Å². The van der Waals surface area contributed by atoms with E-state index in [-0.39, 0.29) is 11.9 Å². The molecule has 1 amide bonds. The maximum Gasteiger partial charge on any atom is 0.246 e. The summed E-state index contributed by atoms with van der Waals surface area (Å²) < 4.78 is 0. The molecular formula is C6H10N4O. The molecule has 2 N–H and O–H groups in total. The zero-order valence-corrected chi connectivity index (χ0v) is 6.51. The first-order valence-electron chi connectivity index (χ1n) is 3.02. The van der Waals surface area contributed by atoms with Gasteiger partial charge in [0.05, 0.1) is 12.6 Å². The standard InChI is InChI=1S/C4H7N3O.C2H3N/c1-7-2-3(8)6-4(7)5;1-2-3/h2H2,1H3,(H2,5,6,8);1H3. The number of rotatable bonds is 0. The fourth-order valence-corrected chi connectivity index (χ4v) is 0.561. The number of likely N-dealkylation sites (N-methyl/N-ethyl adjacent to an activating group) is 1. The number of hydrogen-bond acceptors (Lipinski definition) is 3. The molecule has 0 saturated carbocycles. The van der Waals surface area contributed by atoms with Gasteiger partial charge in [0.2, 0.25) is 5.91 Å². The summed E-state index contributed by atoms with van der Waals surface area (Å²) in [5.74, 6) is 0.0903. The van der Waals surface area contributed by atoms with Crippen LogP contribution >= 0.6 is 0 Å². The zero-order chi connectivity index (χ0) is 8.85. The van der Waals surface area contributed by atoms with Crippen molar-refractivity contribution in [2.75, 3.05) is 13.6 Å². The second-order valence-electron chi connectivity index (χ2n) is 1.98. The molecule has 0 atom stereocenters. The summed E-state index contributed by atoms with van der Waals surface area (Å²) in [6.07, 6.45) is 0. The Labute approximate surface area is 65.1 Å². The van der Waals surface area contributed by atoms with Crippen molar-refractivity contribution in [1.29, 1.82) is 10.7 Å². The molecule has 0 aliphatic carbocycles. The molecule has 0 bridgehead atoms. The molecule has 1 fully saturated rings. The van der Waals surface area contributed by atoms with Gasteiger partial charge in [-0.3, -0.25) is 15.5 Å². The van der Waals surface area contributed by atoms with Crippen molar-refractivity contribution in [2.45, 2.75) is 6.92 Å². The van der Waals surface area contributed by atoms with Crippen molar-refractivity contribution in [3.8, 4) is 6.07 Å². The first-order valence-corrected chi connectivity index (χ1v) is 3.02. The molecule has 0 aromatic rings. The van der Waals surface area contributed by atoms with Crippen LogP contribution in [-0.2, 0) is 4.79 Å². The molecule has 1 saturated heterocycles. The third kappa shape index (κ3) is 3.20. The van der Waals surface area contributed by atoms with E-state index < -0.39 is 0 Å². The average molecular weight is 154 g/mol. The highest BCUT2D eigenvalue weighted by Gasteiger charge is 2.18. The van der Waals surface area contributed by atoms with Crippen LogP contribution in [0.4, 0.5) is 0 Å². The first kappa shape index (κ1) is 9.43. The van der Waals surface area contributed by atoms with Gasteiger partial charge in [-0.1, -0.05) is 0 Å². The lowest BCUT2D eigenvalue weighted by Gasteiger charge is -2.03. The lowest BCUT2D eigenvalue weighted by molar-refractivity contribution is -0.118. The predicted octanol–water partition coefficient (Wildman–Crippen LogP) is -0.487. The van der Waals surface area contributed by atoms with Crippen LogP contribution in [0.15, 0.2) is 0 Å². The summed E-state index contributed by atoms with van der Waals surface area (Å²) in [4.78, 5) is 11.9. The minimum Gasteiger partial charge on any atom is -0.337 e. The third-order valence-electron chi connectivity index (χ3n) is 1.02. The van der Waals surface area contributed by atoms with Crippen LogP contribution in [0.5, 0.6) is 0 Å². The number of nitriles is 1. The number of nitrogens with zero attached hydrogens (tertiary/aromatic N) is 2. The van der Waals surface area contributed by atoms with E-state index in [4.69, 9.17) is 10.7 Å². The molecule has 0 spiro atoms. The normalized spacial score (nSPS) is 14.8. The second kappa shape index (κ2) is 4.28. The first-order chi connectivity index (χ1) is 5.11. The Morgan fingerprint density at radius 3 is 2.36 bits per heavy atom. The molecule has 0 radical (unpaired) electrons. The Bertz CT molecular complexity index is 205. The molecule has 1 rings (SSSR count). The van der Waals surface area contributed by atoms with E-state index in [2.05, 4.69) is 5.32 Å². The molecule has 0 aromatic carbocycles. The van der Waals surface area contributed by atoms with Gasteiger partial charge in [0.15, 0.2) is 5.96 Å². The SMILES string of the molecule is CC#N.CN1CC(=O)NC1=N. The summed E-state index contributed by atoms with van der Waals surface area (Å²) in [6.45, 7) is 1.75. The topological polar surface area (TPSA) is 80.0 Å². The fourth-order valence-electron chi connectivity index (χ4n) is 0.561. The van der Waals surface area contributed by atoms with Crippen LogP contribution in [0.1, 0.15) is 6.92 Å². The number of guanidine groups is 1. The molecule has 5 nitrogen and oxygen atoms in total. The minimum absolute atomic E-state index is 0.0995. The molecular weight excluding hydrogens is 144 g/mol. The minimum atomic E-state index is -0.0995. The third-order valence-corrected chi connectivity index (χ3v) is 1.02. The van der Waals surface area contributed by atoms with Crippen LogP contribution in [-0.4, -0.2) is 30.4 Å². The Morgan fingerprint density at radius 1 is 1.82 bits per heavy atom. The van der Waals surface area contributed by atoms with E-state index in [1.54, 1.807) is 18.0 Å². The van der Waals surface area contributed by atoms with E-state index in [1.807, 2.05) is 0 Å². The number of nitrogens with one attached hydrogen (secondary N) is 2. The van der Waals surface area contributed by atoms with Crippen LogP contribution < -0.4 is 5.32 Å². The lowest BCUT2D eigenvalue weighted by atomic mass is 10.6. The largest absolute Gasteiger partial charge is 0.337 e. The van der Waals surface area contributed by atoms with Crippen molar-refractivity contribution in [3.63, 3.8) is 0 Å². The van der Waals surface area contributed by atoms with Crippen LogP contribution in [0.3, 0.4) is 0 Å². The highest BCUT2D eigenvalue weighted by atomic mass is 16.2. The number of amides is 1. The van der Waals surface area contributed by atoms with E-state index in [1.165, 1.54) is 6.92 Å².